The molecule has 0 aliphatic carbocycles. The third-order valence-corrected chi connectivity index (χ3v) is 1.75. The summed E-state index contributed by atoms with van der Waals surface area (Å²) in [4.78, 5) is 10.9. The minimum absolute atomic E-state index is 0.120. The fourth-order valence-corrected chi connectivity index (χ4v) is 1.19. The second kappa shape index (κ2) is 3.92. The first-order valence-electron chi connectivity index (χ1n) is 3.47. The molecule has 3 nitrogen and oxygen atoms in total. The number of ether oxygens (including phenoxy) is 1. The van der Waals surface area contributed by atoms with Gasteiger partial charge in [-0.15, -0.1) is 0 Å². The molecule has 0 aliphatic rings. The van der Waals surface area contributed by atoms with Gasteiger partial charge < -0.3 is 4.74 Å². The van der Waals surface area contributed by atoms with Crippen molar-refractivity contribution in [2.24, 2.45) is 0 Å². The fourth-order valence-electron chi connectivity index (χ4n) is 0.997. The highest BCUT2D eigenvalue weighted by molar-refractivity contribution is 6.68. The van der Waals surface area contributed by atoms with Crippen molar-refractivity contribution in [3.8, 4) is 11.8 Å². The van der Waals surface area contributed by atoms with Crippen LogP contribution in [0.4, 0.5) is 0 Å². The fraction of sp³-hybridized carbons (Fsp3) is 0.111. The average Bonchev–Trinajstić information content (AvgIpc) is 2.16. The molecule has 66 valence electrons. The van der Waals surface area contributed by atoms with Crippen molar-refractivity contribution < 1.29 is 9.53 Å². The highest BCUT2D eigenvalue weighted by atomic mass is 35.5. The number of carbonyl (C=O) groups excluding carboxylic acids is 1. The monoisotopic (exact) mass is 195 g/mol. The van der Waals surface area contributed by atoms with Gasteiger partial charge in [-0.3, -0.25) is 4.79 Å². The summed E-state index contributed by atoms with van der Waals surface area (Å²) in [5.74, 6) is 0.319. The van der Waals surface area contributed by atoms with Crippen molar-refractivity contribution in [1.29, 1.82) is 5.26 Å². The minimum Gasteiger partial charge on any atom is -0.496 e. The molecule has 0 radical (unpaired) electrons. The molecule has 1 aromatic rings. The summed E-state index contributed by atoms with van der Waals surface area (Å²) in [5.41, 5.74) is 0.341. The first-order chi connectivity index (χ1) is 6.20. The SMILES string of the molecule is COc1cccc(C#N)c1C(=O)Cl. The zero-order valence-electron chi connectivity index (χ0n) is 6.87. The Bertz CT molecular complexity index is 382. The molecule has 0 N–H and O–H groups in total. The zero-order chi connectivity index (χ0) is 9.84. The number of carbonyl (C=O) groups is 1. The van der Waals surface area contributed by atoms with Crippen molar-refractivity contribution in [2.75, 3.05) is 7.11 Å². The van der Waals surface area contributed by atoms with E-state index in [9.17, 15) is 4.79 Å². The molecule has 0 aromatic heterocycles. The number of halogens is 1. The van der Waals surface area contributed by atoms with Gasteiger partial charge in [0, 0.05) is 0 Å². The van der Waals surface area contributed by atoms with Crippen molar-refractivity contribution >= 4 is 16.8 Å². The molecule has 0 saturated heterocycles. The first-order valence-corrected chi connectivity index (χ1v) is 3.85. The smallest absolute Gasteiger partial charge is 0.257 e. The van der Waals surface area contributed by atoms with Crippen LogP contribution in [-0.4, -0.2) is 12.4 Å². The van der Waals surface area contributed by atoms with Crippen molar-refractivity contribution in [1.82, 2.24) is 0 Å². The Morgan fingerprint density at radius 2 is 2.31 bits per heavy atom. The summed E-state index contributed by atoms with van der Waals surface area (Å²) >= 11 is 5.30. The predicted molar refractivity (Wildman–Crippen MR) is 47.9 cm³/mol. The molecule has 13 heavy (non-hydrogen) atoms. The Morgan fingerprint density at radius 1 is 1.62 bits per heavy atom. The van der Waals surface area contributed by atoms with Gasteiger partial charge in [0.2, 0.25) is 0 Å². The number of hydrogen-bond donors (Lipinski definition) is 0. The van der Waals surface area contributed by atoms with Gasteiger partial charge in [-0.25, -0.2) is 0 Å². The molecule has 0 amide bonds. The Kier molecular flexibility index (Phi) is 2.88. The lowest BCUT2D eigenvalue weighted by molar-refractivity contribution is 0.107. The van der Waals surface area contributed by atoms with Gasteiger partial charge >= 0.3 is 0 Å². The lowest BCUT2D eigenvalue weighted by atomic mass is 10.1. The highest BCUT2D eigenvalue weighted by Gasteiger charge is 2.14. The lowest BCUT2D eigenvalue weighted by Gasteiger charge is -2.04. The predicted octanol–water partition coefficient (Wildman–Crippen LogP) is 1.95. The molecule has 0 spiro atoms. The molecule has 0 unspecified atom stereocenters. The summed E-state index contributed by atoms with van der Waals surface area (Å²) in [5, 5.41) is 7.98. The number of nitriles is 1. The summed E-state index contributed by atoms with van der Waals surface area (Å²) in [6.07, 6.45) is 0. The van der Waals surface area contributed by atoms with Crippen molar-refractivity contribution in [3.63, 3.8) is 0 Å². The summed E-state index contributed by atoms with van der Waals surface area (Å²) in [6.45, 7) is 0. The molecule has 1 rings (SSSR count). The number of rotatable bonds is 2. The zero-order valence-corrected chi connectivity index (χ0v) is 7.63. The van der Waals surface area contributed by atoms with Gasteiger partial charge in [0.15, 0.2) is 0 Å². The first kappa shape index (κ1) is 9.56. The van der Waals surface area contributed by atoms with Gasteiger partial charge in [0.1, 0.15) is 11.8 Å². The van der Waals surface area contributed by atoms with E-state index in [1.165, 1.54) is 13.2 Å². The third kappa shape index (κ3) is 1.79. The molecule has 0 heterocycles. The van der Waals surface area contributed by atoms with Gasteiger partial charge in [-0.2, -0.15) is 5.26 Å². The molecule has 1 aromatic carbocycles. The van der Waals surface area contributed by atoms with E-state index in [4.69, 9.17) is 21.6 Å². The third-order valence-electron chi connectivity index (χ3n) is 1.56. The van der Waals surface area contributed by atoms with E-state index >= 15 is 0 Å². The normalized spacial score (nSPS) is 9.00. The largest absolute Gasteiger partial charge is 0.496 e. The Balaban J connectivity index is 3.41. The van der Waals surface area contributed by atoms with Crippen LogP contribution in [0, 0.1) is 11.3 Å². The Labute approximate surface area is 80.5 Å². The topological polar surface area (TPSA) is 50.1 Å². The quantitative estimate of drug-likeness (QED) is 0.678. The van der Waals surface area contributed by atoms with Crippen LogP contribution in [0.1, 0.15) is 15.9 Å². The molecule has 0 atom stereocenters. The van der Waals surface area contributed by atoms with E-state index in [0.717, 1.165) is 0 Å². The average molecular weight is 196 g/mol. The van der Waals surface area contributed by atoms with Gasteiger partial charge in [0.25, 0.3) is 5.24 Å². The van der Waals surface area contributed by atoms with E-state index in [2.05, 4.69) is 0 Å². The lowest BCUT2D eigenvalue weighted by Crippen LogP contribution is -1.98. The van der Waals surface area contributed by atoms with Crippen LogP contribution in [-0.2, 0) is 0 Å². The second-order valence-corrected chi connectivity index (χ2v) is 2.61. The van der Waals surface area contributed by atoms with E-state index in [1.807, 2.05) is 6.07 Å². The van der Waals surface area contributed by atoms with E-state index in [0.29, 0.717) is 5.75 Å². The number of methoxy groups -OCH3 is 1. The number of nitrogens with zero attached hydrogens (tertiary/aromatic N) is 1. The summed E-state index contributed by atoms with van der Waals surface area (Å²) in [6, 6.07) is 6.58. The molecule has 0 fully saturated rings. The molecule has 0 bridgehead atoms. The Morgan fingerprint density at radius 3 is 2.77 bits per heavy atom. The van der Waals surface area contributed by atoms with Gasteiger partial charge in [-0.05, 0) is 23.7 Å². The van der Waals surface area contributed by atoms with Crippen LogP contribution >= 0.6 is 11.6 Å². The minimum atomic E-state index is -0.686. The van der Waals surface area contributed by atoms with Crippen LogP contribution in [0.2, 0.25) is 0 Å². The van der Waals surface area contributed by atoms with E-state index in [1.54, 1.807) is 12.1 Å². The molecule has 0 saturated carbocycles. The molecule has 4 heteroatoms. The van der Waals surface area contributed by atoms with Crippen LogP contribution in [0.3, 0.4) is 0 Å². The van der Waals surface area contributed by atoms with Crippen molar-refractivity contribution in [3.05, 3.63) is 29.3 Å². The standard InChI is InChI=1S/C9H6ClNO2/c1-13-7-4-2-3-6(5-11)8(7)9(10)12/h2-4H,1H3. The maximum absolute atomic E-state index is 10.9. The highest BCUT2D eigenvalue weighted by Crippen LogP contribution is 2.23. The van der Waals surface area contributed by atoms with E-state index < -0.39 is 5.24 Å². The Hall–Kier alpha value is -1.53. The second-order valence-electron chi connectivity index (χ2n) is 2.27. The maximum atomic E-state index is 10.9. The van der Waals surface area contributed by atoms with Crippen LogP contribution in [0.5, 0.6) is 5.75 Å². The number of hydrogen-bond acceptors (Lipinski definition) is 3. The molecule has 0 aliphatic heterocycles. The van der Waals surface area contributed by atoms with Gasteiger partial charge in [0.05, 0.1) is 18.2 Å². The molecular weight excluding hydrogens is 190 g/mol. The maximum Gasteiger partial charge on any atom is 0.257 e. The summed E-state index contributed by atoms with van der Waals surface area (Å²) < 4.78 is 4.89. The van der Waals surface area contributed by atoms with Crippen LogP contribution in [0.25, 0.3) is 0 Å². The van der Waals surface area contributed by atoms with Crippen LogP contribution in [0.15, 0.2) is 18.2 Å². The number of benzene rings is 1. The summed E-state index contributed by atoms with van der Waals surface area (Å²) in [7, 11) is 1.42. The van der Waals surface area contributed by atoms with Crippen LogP contribution < -0.4 is 4.74 Å². The van der Waals surface area contributed by atoms with Crippen molar-refractivity contribution in [2.45, 2.75) is 0 Å². The van der Waals surface area contributed by atoms with E-state index in [-0.39, 0.29) is 11.1 Å². The molecular formula is C9H6ClNO2. The van der Waals surface area contributed by atoms with Gasteiger partial charge in [-0.1, -0.05) is 6.07 Å².